The third kappa shape index (κ3) is 4.53. The first-order chi connectivity index (χ1) is 11.6. The maximum Gasteiger partial charge on any atom is 0.328 e. The molecule has 8 nitrogen and oxygen atoms in total. The zero-order valence-electron chi connectivity index (χ0n) is 14.6. The van der Waals surface area contributed by atoms with Crippen LogP contribution >= 0.6 is 0 Å². The van der Waals surface area contributed by atoms with E-state index >= 15 is 0 Å². The van der Waals surface area contributed by atoms with Crippen LogP contribution in [0.3, 0.4) is 0 Å². The number of amides is 1. The normalized spacial score (nSPS) is 18.0. The van der Waals surface area contributed by atoms with E-state index in [0.29, 0.717) is 0 Å². The number of rotatable bonds is 7. The van der Waals surface area contributed by atoms with Gasteiger partial charge in [0.25, 0.3) is 5.91 Å². The van der Waals surface area contributed by atoms with Crippen molar-refractivity contribution in [2.45, 2.75) is 52.1 Å². The molecule has 2 heterocycles. The highest BCUT2D eigenvalue weighted by molar-refractivity contribution is 5.95. The minimum absolute atomic E-state index is 0.0209. The molecule has 1 aromatic rings. The van der Waals surface area contributed by atoms with Crippen molar-refractivity contribution in [3.8, 4) is 0 Å². The average Bonchev–Trinajstić information content (AvgIpc) is 3.10. The fourth-order valence-electron chi connectivity index (χ4n) is 2.75. The number of aromatic nitrogens is 3. The zero-order chi connectivity index (χ0) is 17.5. The Morgan fingerprint density at radius 3 is 2.75 bits per heavy atom. The number of piperidine rings is 1. The SMILES string of the molecule is CCOC(=O)C(NC(=O)c1cn(C2CCNCC2)nn1)C(C)CC. The van der Waals surface area contributed by atoms with Gasteiger partial charge in [0, 0.05) is 0 Å². The van der Waals surface area contributed by atoms with Gasteiger partial charge in [-0.15, -0.1) is 5.10 Å². The van der Waals surface area contributed by atoms with Gasteiger partial charge in [0.2, 0.25) is 0 Å². The minimum atomic E-state index is -0.675. The lowest BCUT2D eigenvalue weighted by atomic mass is 9.99. The first-order valence-electron chi connectivity index (χ1n) is 8.66. The van der Waals surface area contributed by atoms with Crippen LogP contribution in [0.15, 0.2) is 6.20 Å². The summed E-state index contributed by atoms with van der Waals surface area (Å²) in [6.45, 7) is 7.78. The minimum Gasteiger partial charge on any atom is -0.464 e. The first-order valence-corrected chi connectivity index (χ1v) is 8.66. The maximum absolute atomic E-state index is 12.4. The van der Waals surface area contributed by atoms with Gasteiger partial charge in [0.1, 0.15) is 6.04 Å². The Morgan fingerprint density at radius 2 is 2.12 bits per heavy atom. The molecule has 0 aliphatic carbocycles. The van der Waals surface area contributed by atoms with Crippen LogP contribution < -0.4 is 10.6 Å². The molecule has 1 aromatic heterocycles. The largest absolute Gasteiger partial charge is 0.464 e. The standard InChI is InChI=1S/C16H27N5O3/c1-4-11(3)14(16(23)24-5-2)18-15(22)13-10-21(20-19-13)12-6-8-17-9-7-12/h10-12,14,17H,4-9H2,1-3H3,(H,18,22). The van der Waals surface area contributed by atoms with Crippen molar-refractivity contribution in [2.24, 2.45) is 5.92 Å². The number of hydrogen-bond donors (Lipinski definition) is 2. The Balaban J connectivity index is 2.03. The van der Waals surface area contributed by atoms with Gasteiger partial charge in [-0.05, 0) is 38.8 Å². The molecule has 0 saturated carbocycles. The monoisotopic (exact) mass is 337 g/mol. The summed E-state index contributed by atoms with van der Waals surface area (Å²) >= 11 is 0. The molecule has 134 valence electrons. The second-order valence-electron chi connectivity index (χ2n) is 6.15. The van der Waals surface area contributed by atoms with E-state index < -0.39 is 17.9 Å². The number of hydrogen-bond acceptors (Lipinski definition) is 6. The van der Waals surface area contributed by atoms with Gasteiger partial charge >= 0.3 is 5.97 Å². The van der Waals surface area contributed by atoms with Crippen molar-refractivity contribution < 1.29 is 14.3 Å². The van der Waals surface area contributed by atoms with E-state index in [1.54, 1.807) is 17.8 Å². The van der Waals surface area contributed by atoms with Crippen molar-refractivity contribution in [3.05, 3.63) is 11.9 Å². The van der Waals surface area contributed by atoms with Crippen LogP contribution in [0.2, 0.25) is 0 Å². The Bertz CT molecular complexity index is 554. The van der Waals surface area contributed by atoms with E-state index in [4.69, 9.17) is 4.74 Å². The van der Waals surface area contributed by atoms with Crippen molar-refractivity contribution in [1.29, 1.82) is 0 Å². The Hall–Kier alpha value is -1.96. The fourth-order valence-corrected chi connectivity index (χ4v) is 2.75. The molecule has 8 heteroatoms. The van der Waals surface area contributed by atoms with Gasteiger partial charge in [-0.2, -0.15) is 0 Å². The lowest BCUT2D eigenvalue weighted by Crippen LogP contribution is -2.46. The summed E-state index contributed by atoms with van der Waals surface area (Å²) in [7, 11) is 0. The molecule has 2 unspecified atom stereocenters. The van der Waals surface area contributed by atoms with Crippen LogP contribution in [0.5, 0.6) is 0 Å². The summed E-state index contributed by atoms with van der Waals surface area (Å²) in [5, 5.41) is 14.1. The van der Waals surface area contributed by atoms with Crippen molar-refractivity contribution >= 4 is 11.9 Å². The van der Waals surface area contributed by atoms with Crippen LogP contribution in [0.4, 0.5) is 0 Å². The van der Waals surface area contributed by atoms with Gasteiger partial charge in [-0.1, -0.05) is 25.5 Å². The summed E-state index contributed by atoms with van der Waals surface area (Å²) in [5.41, 5.74) is 0.228. The van der Waals surface area contributed by atoms with E-state index in [1.165, 1.54) is 0 Å². The summed E-state index contributed by atoms with van der Waals surface area (Å²) in [6, 6.07) is -0.415. The molecule has 0 aromatic carbocycles. The second kappa shape index (κ2) is 8.77. The number of nitrogens with zero attached hydrogens (tertiary/aromatic N) is 3. The number of ether oxygens (including phenoxy) is 1. The van der Waals surface area contributed by atoms with Gasteiger partial charge < -0.3 is 15.4 Å². The molecule has 1 saturated heterocycles. The molecule has 0 bridgehead atoms. The highest BCUT2D eigenvalue weighted by Gasteiger charge is 2.28. The predicted octanol–water partition coefficient (Wildman–Crippen LogP) is 0.910. The topological polar surface area (TPSA) is 98.1 Å². The van der Waals surface area contributed by atoms with Crippen LogP contribution in [-0.2, 0) is 9.53 Å². The lowest BCUT2D eigenvalue weighted by molar-refractivity contribution is -0.146. The van der Waals surface area contributed by atoms with Gasteiger partial charge in [0.15, 0.2) is 5.69 Å². The molecule has 0 spiro atoms. The first kappa shape index (κ1) is 18.4. The molecule has 2 rings (SSSR count). The Labute approximate surface area is 142 Å². The maximum atomic E-state index is 12.4. The molecule has 24 heavy (non-hydrogen) atoms. The van der Waals surface area contributed by atoms with Gasteiger partial charge in [0.05, 0.1) is 18.8 Å². The average molecular weight is 337 g/mol. The molecule has 0 radical (unpaired) electrons. The predicted molar refractivity (Wildman–Crippen MR) is 88.5 cm³/mol. The highest BCUT2D eigenvalue weighted by atomic mass is 16.5. The van der Waals surface area contributed by atoms with E-state index in [9.17, 15) is 9.59 Å². The van der Waals surface area contributed by atoms with Crippen LogP contribution in [0.25, 0.3) is 0 Å². The Kier molecular flexibility index (Phi) is 6.72. The van der Waals surface area contributed by atoms with Crippen molar-refractivity contribution in [2.75, 3.05) is 19.7 Å². The number of esters is 1. The lowest BCUT2D eigenvalue weighted by Gasteiger charge is -2.22. The molecule has 1 aliphatic rings. The molecular weight excluding hydrogens is 310 g/mol. The van der Waals surface area contributed by atoms with Crippen LogP contribution in [0, 0.1) is 5.92 Å². The summed E-state index contributed by atoms with van der Waals surface area (Å²) in [4.78, 5) is 24.5. The molecule has 2 atom stereocenters. The molecule has 2 N–H and O–H groups in total. The van der Waals surface area contributed by atoms with Crippen molar-refractivity contribution in [1.82, 2.24) is 25.6 Å². The third-order valence-corrected chi connectivity index (χ3v) is 4.47. The summed E-state index contributed by atoms with van der Waals surface area (Å²) in [5.74, 6) is -0.827. The second-order valence-corrected chi connectivity index (χ2v) is 6.15. The third-order valence-electron chi connectivity index (χ3n) is 4.47. The van der Waals surface area contributed by atoms with E-state index in [1.807, 2.05) is 13.8 Å². The number of nitrogens with one attached hydrogen (secondary N) is 2. The summed E-state index contributed by atoms with van der Waals surface area (Å²) < 4.78 is 6.81. The van der Waals surface area contributed by atoms with Gasteiger partial charge in [-0.25, -0.2) is 9.48 Å². The zero-order valence-corrected chi connectivity index (χ0v) is 14.6. The Morgan fingerprint density at radius 1 is 1.42 bits per heavy atom. The summed E-state index contributed by atoms with van der Waals surface area (Å²) in [6.07, 6.45) is 4.33. The molecule has 1 amide bonds. The van der Waals surface area contributed by atoms with Crippen molar-refractivity contribution in [3.63, 3.8) is 0 Å². The molecular formula is C16H27N5O3. The smallest absolute Gasteiger partial charge is 0.328 e. The van der Waals surface area contributed by atoms with Gasteiger partial charge in [-0.3, -0.25) is 4.79 Å². The van der Waals surface area contributed by atoms with E-state index in [0.717, 1.165) is 32.4 Å². The van der Waals surface area contributed by atoms with E-state index in [2.05, 4.69) is 20.9 Å². The number of carbonyl (C=O) groups excluding carboxylic acids is 2. The molecule has 1 aliphatic heterocycles. The fraction of sp³-hybridized carbons (Fsp3) is 0.750. The van der Waals surface area contributed by atoms with E-state index in [-0.39, 0.29) is 24.3 Å². The van der Waals surface area contributed by atoms with Crippen LogP contribution in [0.1, 0.15) is 56.6 Å². The van der Waals surface area contributed by atoms with Crippen LogP contribution in [-0.4, -0.2) is 52.6 Å². The molecule has 1 fully saturated rings. The highest BCUT2D eigenvalue weighted by Crippen LogP contribution is 2.17. The number of carbonyl (C=O) groups is 2. The quantitative estimate of drug-likeness (QED) is 0.718.